The molecular weight excluding hydrogens is 432 g/mol. The Morgan fingerprint density at radius 3 is 2.44 bits per heavy atom. The van der Waals surface area contributed by atoms with Crippen molar-refractivity contribution in [1.29, 1.82) is 0 Å². The molecule has 7 N–H and O–H groups in total. The summed E-state index contributed by atoms with van der Waals surface area (Å²) < 4.78 is 11.8. The Hall–Kier alpha value is -2.03. The molecule has 2 aliphatic rings. The monoisotopic (exact) mass is 480 g/mol. The lowest BCUT2D eigenvalue weighted by Gasteiger charge is -2.42. The summed E-state index contributed by atoms with van der Waals surface area (Å²) in [5.74, 6) is -0.155. The predicted octanol–water partition coefficient (Wildman–Crippen LogP) is 3.30. The highest BCUT2D eigenvalue weighted by molar-refractivity contribution is 5.84. The summed E-state index contributed by atoms with van der Waals surface area (Å²) >= 11 is 0. The molecule has 1 fully saturated rings. The zero-order valence-corrected chi connectivity index (χ0v) is 21.2. The van der Waals surface area contributed by atoms with Crippen LogP contribution in [-0.4, -0.2) is 49.4 Å². The molecule has 9 nitrogen and oxygen atoms in total. The Bertz CT molecular complexity index is 645. The predicted molar refractivity (Wildman–Crippen MR) is 137 cm³/mol. The molecule has 2 rings (SSSR count). The quantitative estimate of drug-likeness (QED) is 0.108. The number of nitrogens with zero attached hydrogens (tertiary/aromatic N) is 2. The summed E-state index contributed by atoms with van der Waals surface area (Å²) in [5, 5.41) is 3.19. The maximum Gasteiger partial charge on any atom is 0.316 e. The average Bonchev–Trinajstić information content (AvgIpc) is 3.24. The standard InChI is InChI=1S/C25H48N6O3/c1-2-3-4-5-6-8-11-15-20-21(25(16-14-19-34-25)31-24(28)30-20)22(32)33-18-13-10-7-9-12-17-29-23(26)27/h20-21H,2-19H2,1H3,(H4,26,27,29)(H3,28,30,31)/t20-,21-,25-/m0/s1. The van der Waals surface area contributed by atoms with Gasteiger partial charge in [0.15, 0.2) is 17.6 Å². The Balaban J connectivity index is 1.80. The van der Waals surface area contributed by atoms with Crippen molar-refractivity contribution in [2.75, 3.05) is 19.8 Å². The summed E-state index contributed by atoms with van der Waals surface area (Å²) in [6.07, 6.45) is 16.0. The SMILES string of the molecule is CCCCCCCCC[C@@H]1N=C(N)N[C@]2(CCCO2)[C@@H]1C(=O)OCCCCCCCN=C(N)N. The summed E-state index contributed by atoms with van der Waals surface area (Å²) in [4.78, 5) is 21.8. The largest absolute Gasteiger partial charge is 0.465 e. The van der Waals surface area contributed by atoms with E-state index in [0.29, 0.717) is 25.7 Å². The number of ether oxygens (including phenoxy) is 2. The van der Waals surface area contributed by atoms with Gasteiger partial charge in [-0.05, 0) is 32.1 Å². The van der Waals surface area contributed by atoms with Gasteiger partial charge in [0.05, 0.1) is 12.6 Å². The third-order valence-electron chi connectivity index (χ3n) is 6.78. The summed E-state index contributed by atoms with van der Waals surface area (Å²) in [7, 11) is 0. The molecule has 2 heterocycles. The third-order valence-corrected chi connectivity index (χ3v) is 6.78. The van der Waals surface area contributed by atoms with Crippen LogP contribution in [0.15, 0.2) is 9.98 Å². The normalized spacial score (nSPS) is 24.0. The summed E-state index contributed by atoms with van der Waals surface area (Å²) in [6.45, 7) is 3.94. The molecule has 196 valence electrons. The fraction of sp³-hybridized carbons (Fsp3) is 0.880. The van der Waals surface area contributed by atoms with Crippen molar-refractivity contribution in [1.82, 2.24) is 5.32 Å². The van der Waals surface area contributed by atoms with Crippen LogP contribution in [-0.2, 0) is 14.3 Å². The van der Waals surface area contributed by atoms with E-state index in [9.17, 15) is 4.79 Å². The van der Waals surface area contributed by atoms with Gasteiger partial charge in [-0.25, -0.2) is 4.99 Å². The molecule has 1 saturated heterocycles. The zero-order chi connectivity index (χ0) is 24.7. The number of unbranched alkanes of at least 4 members (excludes halogenated alkanes) is 10. The second-order valence-corrected chi connectivity index (χ2v) is 9.68. The van der Waals surface area contributed by atoms with Crippen molar-refractivity contribution in [3.63, 3.8) is 0 Å². The average molecular weight is 481 g/mol. The maximum absolute atomic E-state index is 13.2. The minimum atomic E-state index is -0.778. The number of esters is 1. The number of hydrogen-bond donors (Lipinski definition) is 4. The number of carbonyl (C=O) groups excluding carboxylic acids is 1. The zero-order valence-electron chi connectivity index (χ0n) is 21.2. The molecule has 9 heteroatoms. The molecule has 0 amide bonds. The van der Waals surface area contributed by atoms with Crippen molar-refractivity contribution >= 4 is 17.9 Å². The van der Waals surface area contributed by atoms with E-state index in [4.69, 9.17) is 26.7 Å². The highest BCUT2D eigenvalue weighted by Crippen LogP contribution is 2.38. The Morgan fingerprint density at radius 2 is 1.76 bits per heavy atom. The van der Waals surface area contributed by atoms with Crippen LogP contribution >= 0.6 is 0 Å². The van der Waals surface area contributed by atoms with Gasteiger partial charge in [-0.1, -0.05) is 71.1 Å². The minimum absolute atomic E-state index is 0.143. The van der Waals surface area contributed by atoms with E-state index in [1.165, 1.54) is 32.1 Å². The van der Waals surface area contributed by atoms with Crippen LogP contribution < -0.4 is 22.5 Å². The van der Waals surface area contributed by atoms with Gasteiger partial charge >= 0.3 is 5.97 Å². The van der Waals surface area contributed by atoms with Gasteiger partial charge < -0.3 is 32.0 Å². The molecule has 0 aliphatic carbocycles. The first-order valence-electron chi connectivity index (χ1n) is 13.5. The second kappa shape index (κ2) is 15.8. The smallest absolute Gasteiger partial charge is 0.316 e. The fourth-order valence-corrected chi connectivity index (χ4v) is 5.00. The summed E-state index contributed by atoms with van der Waals surface area (Å²) in [6, 6.07) is -0.196. The minimum Gasteiger partial charge on any atom is -0.465 e. The Kier molecular flexibility index (Phi) is 13.1. The number of aliphatic imine (C=N–C) groups is 2. The Morgan fingerprint density at radius 1 is 1.09 bits per heavy atom. The molecule has 0 saturated carbocycles. The lowest BCUT2D eigenvalue weighted by Crippen LogP contribution is -2.64. The third kappa shape index (κ3) is 9.68. The molecule has 34 heavy (non-hydrogen) atoms. The summed E-state index contributed by atoms with van der Waals surface area (Å²) in [5.41, 5.74) is 16.0. The molecule has 0 aromatic carbocycles. The highest BCUT2D eigenvalue weighted by Gasteiger charge is 2.53. The molecule has 1 spiro atoms. The molecule has 2 aliphatic heterocycles. The van der Waals surface area contributed by atoms with E-state index in [2.05, 4.69) is 22.2 Å². The molecule has 0 unspecified atom stereocenters. The first kappa shape index (κ1) is 28.2. The lowest BCUT2D eigenvalue weighted by atomic mass is 9.82. The number of guanidine groups is 2. The van der Waals surface area contributed by atoms with Crippen molar-refractivity contribution in [2.24, 2.45) is 33.1 Å². The molecule has 0 radical (unpaired) electrons. The number of nitrogens with one attached hydrogen (secondary N) is 1. The number of carbonyl (C=O) groups is 1. The van der Waals surface area contributed by atoms with Crippen LogP contribution in [0.5, 0.6) is 0 Å². The van der Waals surface area contributed by atoms with E-state index < -0.39 is 11.6 Å². The first-order chi connectivity index (χ1) is 16.5. The van der Waals surface area contributed by atoms with Gasteiger partial charge in [0.1, 0.15) is 5.92 Å². The van der Waals surface area contributed by atoms with E-state index in [-0.39, 0.29) is 18.0 Å². The van der Waals surface area contributed by atoms with Crippen LogP contribution in [0.3, 0.4) is 0 Å². The van der Waals surface area contributed by atoms with Gasteiger partial charge in [0.2, 0.25) is 0 Å². The Labute approximate surface area is 205 Å². The molecule has 0 bridgehead atoms. The van der Waals surface area contributed by atoms with Crippen molar-refractivity contribution in [3.8, 4) is 0 Å². The van der Waals surface area contributed by atoms with E-state index in [1.54, 1.807) is 0 Å². The van der Waals surface area contributed by atoms with E-state index >= 15 is 0 Å². The number of rotatable bonds is 17. The van der Waals surface area contributed by atoms with Crippen LogP contribution in [0, 0.1) is 5.92 Å². The maximum atomic E-state index is 13.2. The first-order valence-corrected chi connectivity index (χ1v) is 13.5. The molecule has 0 aromatic heterocycles. The van der Waals surface area contributed by atoms with Gasteiger partial charge in [0, 0.05) is 13.2 Å². The van der Waals surface area contributed by atoms with Gasteiger partial charge in [0.25, 0.3) is 0 Å². The van der Waals surface area contributed by atoms with Crippen LogP contribution in [0.1, 0.15) is 103 Å². The highest BCUT2D eigenvalue weighted by atomic mass is 16.5. The van der Waals surface area contributed by atoms with Crippen molar-refractivity contribution in [3.05, 3.63) is 0 Å². The van der Waals surface area contributed by atoms with Crippen LogP contribution in [0.2, 0.25) is 0 Å². The van der Waals surface area contributed by atoms with Crippen molar-refractivity contribution < 1.29 is 14.3 Å². The number of nitrogens with two attached hydrogens (primary N) is 3. The van der Waals surface area contributed by atoms with Gasteiger partial charge in [-0.15, -0.1) is 0 Å². The number of hydrogen-bond acceptors (Lipinski definition) is 7. The molecule has 3 atom stereocenters. The topological polar surface area (TPSA) is 150 Å². The second-order valence-electron chi connectivity index (χ2n) is 9.68. The van der Waals surface area contributed by atoms with Crippen molar-refractivity contribution in [2.45, 2.75) is 115 Å². The van der Waals surface area contributed by atoms with Crippen LogP contribution in [0.25, 0.3) is 0 Å². The van der Waals surface area contributed by atoms with E-state index in [1.807, 2.05) is 0 Å². The molecular formula is C25H48N6O3. The van der Waals surface area contributed by atoms with E-state index in [0.717, 1.165) is 64.2 Å². The van der Waals surface area contributed by atoms with Gasteiger partial charge in [-0.2, -0.15) is 0 Å². The van der Waals surface area contributed by atoms with Gasteiger partial charge in [-0.3, -0.25) is 9.79 Å². The molecule has 0 aromatic rings. The lowest BCUT2D eigenvalue weighted by molar-refractivity contribution is -0.165. The van der Waals surface area contributed by atoms with Crippen LogP contribution in [0.4, 0.5) is 0 Å². The fourth-order valence-electron chi connectivity index (χ4n) is 5.00.